The van der Waals surface area contributed by atoms with Gasteiger partial charge in [0.2, 0.25) is 5.00 Å². The summed E-state index contributed by atoms with van der Waals surface area (Å²) < 4.78 is -0.484. The van der Waals surface area contributed by atoms with Gasteiger partial charge in [-0.25, -0.2) is 9.97 Å². The van der Waals surface area contributed by atoms with Crippen molar-refractivity contribution >= 4 is 73.7 Å². The lowest BCUT2D eigenvalue weighted by Gasteiger charge is -2.49. The number of anilines is 2. The SMILES string of the molecule is O=C(Nc1nc(-c2cc(Cl)cs2)c([N+]2([O-])CCN(C3CCCCC3)CC2)s1)c1cnc(N2CCC(C(=O)O)CC2)c(Cl)c1. The van der Waals surface area contributed by atoms with E-state index >= 15 is 0 Å². The maximum Gasteiger partial charge on any atom is 0.306 e. The molecule has 43 heavy (non-hydrogen) atoms. The topological polar surface area (TPSA) is 122 Å². The number of piperidine rings is 1. The molecule has 2 aliphatic heterocycles. The number of amides is 1. The third kappa shape index (κ3) is 6.70. The molecule has 0 radical (unpaired) electrons. The van der Waals surface area contributed by atoms with E-state index in [-0.39, 0.29) is 11.5 Å². The third-order valence-electron chi connectivity index (χ3n) is 8.82. The summed E-state index contributed by atoms with van der Waals surface area (Å²) in [5, 5.41) is 30.0. The standard InChI is InChI=1S/C29H34Cl2N6O4S2/c30-20-15-23(42-17-20)24-27(37(41)12-10-35(11-13-37)21-4-2-1-3-5-21)43-29(33-24)34-26(38)19-14-22(31)25(32-16-19)36-8-6-18(7-9-36)28(39)40/h14-18,21H,1-13H2,(H,39,40)(H,33,34,38). The van der Waals surface area contributed by atoms with Gasteiger partial charge in [0.25, 0.3) is 5.91 Å². The number of thiophene rings is 1. The molecule has 2 saturated heterocycles. The van der Waals surface area contributed by atoms with E-state index in [1.807, 2.05) is 16.3 Å². The average molecular weight is 666 g/mol. The maximum absolute atomic E-state index is 14.3. The van der Waals surface area contributed by atoms with Crippen LogP contribution in [0.3, 0.4) is 0 Å². The molecule has 10 nitrogen and oxygen atoms in total. The Morgan fingerprint density at radius 2 is 1.77 bits per heavy atom. The lowest BCUT2D eigenvalue weighted by atomic mass is 9.94. The van der Waals surface area contributed by atoms with Crippen molar-refractivity contribution in [1.29, 1.82) is 0 Å². The zero-order valence-electron chi connectivity index (χ0n) is 23.6. The highest BCUT2D eigenvalue weighted by Gasteiger charge is 2.36. The Morgan fingerprint density at radius 1 is 1.05 bits per heavy atom. The average Bonchev–Trinajstić information content (AvgIpc) is 3.64. The Kier molecular flexibility index (Phi) is 9.25. The van der Waals surface area contributed by atoms with Crippen molar-refractivity contribution in [3.8, 4) is 10.6 Å². The summed E-state index contributed by atoms with van der Waals surface area (Å²) in [5.41, 5.74) is 0.827. The number of aromatic nitrogens is 2. The number of hydrogen-bond acceptors (Lipinski definition) is 9. The number of pyridine rings is 1. The zero-order chi connectivity index (χ0) is 30.1. The number of piperazine rings is 1. The van der Waals surface area contributed by atoms with Gasteiger partial charge in [-0.3, -0.25) is 19.8 Å². The number of rotatable bonds is 7. The molecule has 230 valence electrons. The molecule has 0 bridgehead atoms. The monoisotopic (exact) mass is 664 g/mol. The molecule has 0 aromatic carbocycles. The van der Waals surface area contributed by atoms with Gasteiger partial charge >= 0.3 is 5.97 Å². The van der Waals surface area contributed by atoms with Crippen LogP contribution in [-0.4, -0.2) is 77.2 Å². The number of nitrogens with one attached hydrogen (secondary N) is 1. The number of hydroxylamine groups is 2. The molecule has 14 heteroatoms. The van der Waals surface area contributed by atoms with Crippen LogP contribution in [0.1, 0.15) is 55.3 Å². The van der Waals surface area contributed by atoms with Crippen LogP contribution in [0.15, 0.2) is 23.7 Å². The molecule has 1 aliphatic carbocycles. The second-order valence-corrected chi connectivity index (χ2v) is 14.3. The lowest BCUT2D eigenvalue weighted by Crippen LogP contribution is -2.59. The molecule has 3 aromatic heterocycles. The quantitative estimate of drug-likeness (QED) is 0.215. The maximum atomic E-state index is 14.3. The molecule has 3 fully saturated rings. The van der Waals surface area contributed by atoms with Gasteiger partial charge in [-0.05, 0) is 49.2 Å². The third-order valence-corrected chi connectivity index (χ3v) is 11.5. The Bertz CT molecular complexity index is 1480. The fraction of sp³-hybridized carbons (Fsp3) is 0.517. The summed E-state index contributed by atoms with van der Waals surface area (Å²) in [4.78, 5) is 38.9. The molecule has 6 rings (SSSR count). The fourth-order valence-electron chi connectivity index (χ4n) is 6.35. The molecular formula is C29H34Cl2N6O4S2. The first-order chi connectivity index (χ1) is 20.7. The first-order valence-corrected chi connectivity index (χ1v) is 17.2. The second-order valence-electron chi connectivity index (χ2n) is 11.5. The van der Waals surface area contributed by atoms with E-state index in [0.29, 0.717) is 76.8 Å². The van der Waals surface area contributed by atoms with Crippen molar-refractivity contribution in [2.75, 3.05) is 49.5 Å². The van der Waals surface area contributed by atoms with Gasteiger partial charge in [-0.1, -0.05) is 42.5 Å². The highest BCUT2D eigenvalue weighted by Crippen LogP contribution is 2.45. The Balaban J connectivity index is 1.18. The number of quaternary nitrogens is 1. The van der Waals surface area contributed by atoms with Gasteiger partial charge in [0.1, 0.15) is 5.82 Å². The molecule has 1 saturated carbocycles. The first-order valence-electron chi connectivity index (χ1n) is 14.7. The summed E-state index contributed by atoms with van der Waals surface area (Å²) >= 11 is 15.4. The van der Waals surface area contributed by atoms with Crippen molar-refractivity contribution in [3.63, 3.8) is 0 Å². The number of aliphatic carboxylic acids is 1. The number of nitrogens with zero attached hydrogens (tertiary/aromatic N) is 5. The van der Waals surface area contributed by atoms with Crippen LogP contribution in [0, 0.1) is 11.1 Å². The summed E-state index contributed by atoms with van der Waals surface area (Å²) in [6.45, 7) is 3.40. The van der Waals surface area contributed by atoms with Crippen LogP contribution in [-0.2, 0) is 4.79 Å². The lowest BCUT2D eigenvalue weighted by molar-refractivity contribution is -0.142. The number of thiazole rings is 1. The van der Waals surface area contributed by atoms with Gasteiger partial charge in [0.15, 0.2) is 10.8 Å². The summed E-state index contributed by atoms with van der Waals surface area (Å²) in [7, 11) is 0. The molecule has 2 N–H and O–H groups in total. The minimum atomic E-state index is -0.784. The van der Waals surface area contributed by atoms with Crippen LogP contribution >= 0.6 is 45.9 Å². The number of carboxylic acids is 1. The Morgan fingerprint density at radius 3 is 2.40 bits per heavy atom. The molecular weight excluding hydrogens is 631 g/mol. The van der Waals surface area contributed by atoms with Crippen molar-refractivity contribution < 1.29 is 14.7 Å². The van der Waals surface area contributed by atoms with E-state index in [4.69, 9.17) is 28.2 Å². The van der Waals surface area contributed by atoms with Crippen molar-refractivity contribution in [3.05, 3.63) is 44.5 Å². The van der Waals surface area contributed by atoms with E-state index < -0.39 is 16.5 Å². The number of carboxylic acid groups (broad SMARTS) is 1. The molecule has 3 aliphatic rings. The summed E-state index contributed by atoms with van der Waals surface area (Å²) in [6.07, 6.45) is 8.71. The Hall–Kier alpha value is -2.32. The predicted molar refractivity (Wildman–Crippen MR) is 174 cm³/mol. The second kappa shape index (κ2) is 13.0. The van der Waals surface area contributed by atoms with E-state index in [9.17, 15) is 19.9 Å². The van der Waals surface area contributed by atoms with Crippen molar-refractivity contribution in [2.45, 2.75) is 51.0 Å². The zero-order valence-corrected chi connectivity index (χ0v) is 26.8. The van der Waals surface area contributed by atoms with Gasteiger partial charge in [-0.2, -0.15) is 0 Å². The Labute approximate surface area is 268 Å². The number of halogens is 2. The largest absolute Gasteiger partial charge is 0.627 e. The van der Waals surface area contributed by atoms with Gasteiger partial charge in [0, 0.05) is 43.8 Å². The molecule has 0 unspecified atom stereocenters. The van der Waals surface area contributed by atoms with Crippen LogP contribution in [0.2, 0.25) is 10.0 Å². The van der Waals surface area contributed by atoms with Crippen LogP contribution < -0.4 is 14.9 Å². The number of carbonyl (C=O) groups is 2. The smallest absolute Gasteiger partial charge is 0.306 e. The highest BCUT2D eigenvalue weighted by atomic mass is 35.5. The van der Waals surface area contributed by atoms with Crippen LogP contribution in [0.25, 0.3) is 10.6 Å². The van der Waals surface area contributed by atoms with E-state index in [1.165, 1.54) is 61.0 Å². The van der Waals surface area contributed by atoms with E-state index in [0.717, 1.165) is 18.0 Å². The van der Waals surface area contributed by atoms with Gasteiger partial charge in [0.05, 0.1) is 39.5 Å². The summed E-state index contributed by atoms with van der Waals surface area (Å²) in [6, 6.07) is 3.93. The van der Waals surface area contributed by atoms with Crippen LogP contribution in [0.4, 0.5) is 16.0 Å². The minimum absolute atomic E-state index is 0.263. The van der Waals surface area contributed by atoms with E-state index in [2.05, 4.69) is 15.2 Å². The normalized spacial score (nSPS) is 20.3. The molecule has 5 heterocycles. The molecule has 3 aromatic rings. The summed E-state index contributed by atoms with van der Waals surface area (Å²) in [5.74, 6) is -1.05. The predicted octanol–water partition coefficient (Wildman–Crippen LogP) is 6.58. The van der Waals surface area contributed by atoms with E-state index in [1.54, 1.807) is 6.07 Å². The molecule has 1 amide bonds. The fourth-order valence-corrected chi connectivity index (χ4v) is 8.83. The minimum Gasteiger partial charge on any atom is -0.627 e. The van der Waals surface area contributed by atoms with Crippen molar-refractivity contribution in [1.82, 2.24) is 19.5 Å². The molecule has 0 atom stereocenters. The first kappa shape index (κ1) is 30.7. The molecule has 0 spiro atoms. The highest BCUT2D eigenvalue weighted by molar-refractivity contribution is 7.21. The number of hydrogen-bond donors (Lipinski definition) is 2. The van der Waals surface area contributed by atoms with Gasteiger partial charge < -0.3 is 19.9 Å². The number of carbonyl (C=O) groups excluding carboxylic acids is 1. The van der Waals surface area contributed by atoms with Gasteiger partial charge in [-0.15, -0.1) is 11.3 Å². The van der Waals surface area contributed by atoms with Crippen LogP contribution in [0.5, 0.6) is 0 Å². The van der Waals surface area contributed by atoms with Crippen molar-refractivity contribution in [2.24, 2.45) is 5.92 Å².